The summed E-state index contributed by atoms with van der Waals surface area (Å²) in [5.74, 6) is -4.01. The number of aliphatic carboxylic acids is 1. The van der Waals surface area contributed by atoms with Crippen molar-refractivity contribution in [3.63, 3.8) is 0 Å². The molecule has 2 rings (SSSR count). The molecule has 146 valence electrons. The molecule has 1 fully saturated rings. The van der Waals surface area contributed by atoms with Crippen molar-refractivity contribution in [2.45, 2.75) is 28.8 Å². The van der Waals surface area contributed by atoms with E-state index in [1.54, 1.807) is 6.92 Å². The molecule has 26 heavy (non-hydrogen) atoms. The smallest absolute Gasteiger partial charge is 0.352 e. The monoisotopic (exact) mass is 432 g/mol. The number of rotatable bonds is 7. The van der Waals surface area contributed by atoms with Gasteiger partial charge >= 0.3 is 11.2 Å². The molecule has 1 saturated heterocycles. The van der Waals surface area contributed by atoms with Gasteiger partial charge in [0.2, 0.25) is 5.91 Å². The molecule has 2 aliphatic rings. The van der Waals surface area contributed by atoms with Gasteiger partial charge in [-0.15, -0.1) is 11.8 Å². The summed E-state index contributed by atoms with van der Waals surface area (Å²) in [6.07, 6.45) is 0. The zero-order chi connectivity index (χ0) is 19.8. The number of β-lactam (4-membered cyclic amide) rings is 1. The van der Waals surface area contributed by atoms with Crippen LogP contribution in [0.3, 0.4) is 0 Å². The van der Waals surface area contributed by atoms with Gasteiger partial charge in [-0.1, -0.05) is 0 Å². The van der Waals surface area contributed by atoms with Crippen molar-refractivity contribution in [1.29, 1.82) is 0 Å². The summed E-state index contributed by atoms with van der Waals surface area (Å²) in [4.78, 5) is 36.5. The summed E-state index contributed by atoms with van der Waals surface area (Å²) in [5, 5.41) is 6.29. The largest absolute Gasteiger partial charge is 0.477 e. The highest BCUT2D eigenvalue weighted by Gasteiger charge is 2.55. The molecule has 0 aromatic carbocycles. The third-order valence-electron chi connectivity index (χ3n) is 3.88. The number of amides is 2. The maximum absolute atomic E-state index is 13.0. The van der Waals surface area contributed by atoms with Crippen molar-refractivity contribution in [2.75, 3.05) is 18.2 Å². The van der Waals surface area contributed by atoms with Crippen molar-refractivity contribution >= 4 is 53.0 Å². The summed E-state index contributed by atoms with van der Waals surface area (Å²) in [6, 6.07) is -1.15. The van der Waals surface area contributed by atoms with Crippen LogP contribution in [0.2, 0.25) is 0 Å². The molecular formula is C13H15F3N2O5S3. The van der Waals surface area contributed by atoms with Crippen LogP contribution in [-0.2, 0) is 25.2 Å². The molecule has 0 radical (unpaired) electrons. The molecule has 4 atom stereocenters. The maximum Gasteiger partial charge on any atom is 0.352 e. The highest BCUT2D eigenvalue weighted by molar-refractivity contribution is 8.01. The summed E-state index contributed by atoms with van der Waals surface area (Å²) < 4.78 is 49.3. The Hall–Kier alpha value is -1.21. The van der Waals surface area contributed by atoms with E-state index in [1.807, 2.05) is 0 Å². The molecule has 0 aromatic rings. The average molecular weight is 432 g/mol. The van der Waals surface area contributed by atoms with E-state index in [2.05, 4.69) is 17.9 Å². The van der Waals surface area contributed by atoms with Gasteiger partial charge in [0.15, 0.2) is 6.67 Å². The van der Waals surface area contributed by atoms with Crippen LogP contribution in [0.4, 0.5) is 13.2 Å². The fraction of sp³-hybridized carbons (Fsp3) is 0.615. The Morgan fingerprint density at radius 3 is 2.58 bits per heavy atom. The Balaban J connectivity index is 2.11. The van der Waals surface area contributed by atoms with Gasteiger partial charge in [0.25, 0.3) is 5.91 Å². The van der Waals surface area contributed by atoms with Crippen LogP contribution in [0.5, 0.6) is 0 Å². The number of nitrogens with one attached hydrogen (secondary N) is 1. The lowest BCUT2D eigenvalue weighted by Gasteiger charge is -2.51. The van der Waals surface area contributed by atoms with E-state index in [1.165, 1.54) is 11.8 Å². The first kappa shape index (κ1) is 21.1. The number of nitrogens with zero attached hydrogens (tertiary/aromatic N) is 1. The predicted molar refractivity (Wildman–Crippen MR) is 92.1 cm³/mol. The van der Waals surface area contributed by atoms with Crippen molar-refractivity contribution < 1.29 is 36.9 Å². The molecule has 0 bridgehead atoms. The minimum atomic E-state index is -4.15. The van der Waals surface area contributed by atoms with Crippen LogP contribution in [0.15, 0.2) is 11.3 Å². The third kappa shape index (κ3) is 3.74. The van der Waals surface area contributed by atoms with Crippen molar-refractivity contribution in [2.24, 2.45) is 0 Å². The Morgan fingerprint density at radius 2 is 2.08 bits per heavy atom. The Morgan fingerprint density at radius 1 is 1.46 bits per heavy atom. The predicted octanol–water partition coefficient (Wildman–Crippen LogP) is 0.354. The fourth-order valence-electron chi connectivity index (χ4n) is 2.54. The molecular weight excluding hydrogens is 417 g/mol. The van der Waals surface area contributed by atoms with Crippen molar-refractivity contribution in [3.05, 3.63) is 11.3 Å². The topological polar surface area (TPSA) is 104 Å². The number of hydrogen-bond acceptors (Lipinski definition) is 6. The summed E-state index contributed by atoms with van der Waals surface area (Å²) in [7, 11) is -3.07. The van der Waals surface area contributed by atoms with Gasteiger partial charge in [-0.2, -0.15) is 21.4 Å². The summed E-state index contributed by atoms with van der Waals surface area (Å²) >= 11 is 5.34. The standard InChI is InChI=1S/C13H15F3N2O5S3/c1-5-6(2-24)25-11-8(10(20)18(11)9(5)12(21)22)17-7(19)3-26(23)13(15,16)4-14/h6,8,11,24H,2-4H2,1H3,(H,17,19)(H,21,22)/t6?,8?,11-,26?/m1/s1. The maximum atomic E-state index is 13.0. The Kier molecular flexibility index (Phi) is 6.33. The van der Waals surface area contributed by atoms with Gasteiger partial charge in [0, 0.05) is 11.0 Å². The fourth-order valence-corrected chi connectivity index (χ4v) is 5.14. The van der Waals surface area contributed by atoms with Crippen LogP contribution in [-0.4, -0.2) is 72.1 Å². The second-order valence-corrected chi connectivity index (χ2v) is 8.82. The number of halogens is 3. The van der Waals surface area contributed by atoms with E-state index >= 15 is 0 Å². The molecule has 0 aromatic heterocycles. The molecule has 2 heterocycles. The highest BCUT2D eigenvalue weighted by Crippen LogP contribution is 2.44. The number of carboxylic acids is 1. The SMILES string of the molecule is CC1=C(C(=O)O)N2C(=O)C(NC(=O)CS(=O)C(F)(F)CF)[C@H]2SC1CS. The van der Waals surface area contributed by atoms with Crippen molar-refractivity contribution in [3.8, 4) is 0 Å². The van der Waals surface area contributed by atoms with E-state index in [0.29, 0.717) is 11.3 Å². The number of fused-ring (bicyclic) bond motifs is 1. The molecule has 13 heteroatoms. The number of carbonyl (C=O) groups excluding carboxylic acids is 2. The second kappa shape index (κ2) is 7.80. The van der Waals surface area contributed by atoms with Crippen LogP contribution in [0, 0.1) is 0 Å². The lowest BCUT2D eigenvalue weighted by Crippen LogP contribution is -2.71. The van der Waals surface area contributed by atoms with E-state index in [0.717, 1.165) is 4.90 Å². The van der Waals surface area contributed by atoms with Gasteiger partial charge in [0.05, 0.1) is 0 Å². The highest BCUT2D eigenvalue weighted by atomic mass is 32.2. The third-order valence-corrected chi connectivity index (χ3v) is 7.40. The first-order valence-electron chi connectivity index (χ1n) is 7.20. The molecule has 0 spiro atoms. The van der Waals surface area contributed by atoms with Crippen LogP contribution < -0.4 is 5.32 Å². The normalized spacial score (nSPS) is 26.9. The second-order valence-electron chi connectivity index (χ2n) is 5.55. The van der Waals surface area contributed by atoms with Gasteiger partial charge in [-0.25, -0.2) is 9.18 Å². The molecule has 7 nitrogen and oxygen atoms in total. The zero-order valence-electron chi connectivity index (χ0n) is 13.3. The molecule has 3 unspecified atom stereocenters. The van der Waals surface area contributed by atoms with Crippen LogP contribution in [0.1, 0.15) is 6.92 Å². The molecule has 2 N–H and O–H groups in total. The van der Waals surface area contributed by atoms with Crippen LogP contribution in [0.25, 0.3) is 0 Å². The lowest BCUT2D eigenvalue weighted by atomic mass is 10.0. The number of hydrogen-bond donors (Lipinski definition) is 3. The summed E-state index contributed by atoms with van der Waals surface area (Å²) in [5.41, 5.74) is 0.256. The van der Waals surface area contributed by atoms with E-state index in [-0.39, 0.29) is 10.9 Å². The van der Waals surface area contributed by atoms with Gasteiger partial charge < -0.3 is 10.4 Å². The van der Waals surface area contributed by atoms with Crippen molar-refractivity contribution in [1.82, 2.24) is 10.2 Å². The first-order chi connectivity index (χ1) is 12.0. The average Bonchev–Trinajstić information content (AvgIpc) is 2.58. The van der Waals surface area contributed by atoms with E-state index < -0.39 is 57.7 Å². The number of thioether (sulfide) groups is 1. The quantitative estimate of drug-likeness (QED) is 0.396. The van der Waals surface area contributed by atoms with Crippen LogP contribution >= 0.6 is 24.4 Å². The first-order valence-corrected chi connectivity index (χ1v) is 10.1. The molecule has 0 aliphatic carbocycles. The van der Waals surface area contributed by atoms with Gasteiger partial charge in [-0.05, 0) is 12.5 Å². The minimum Gasteiger partial charge on any atom is -0.477 e. The minimum absolute atomic E-state index is 0.198. The van der Waals surface area contributed by atoms with E-state index in [4.69, 9.17) is 0 Å². The molecule has 0 saturated carbocycles. The lowest BCUT2D eigenvalue weighted by molar-refractivity contribution is -0.150. The zero-order valence-corrected chi connectivity index (χ0v) is 15.8. The van der Waals surface area contributed by atoms with Gasteiger partial charge in [0.1, 0.15) is 33.7 Å². The number of alkyl halides is 3. The van der Waals surface area contributed by atoms with E-state index in [9.17, 15) is 36.9 Å². The van der Waals surface area contributed by atoms with Gasteiger partial charge in [-0.3, -0.25) is 18.7 Å². The Labute approximate surface area is 158 Å². The molecule has 2 aliphatic heterocycles. The Bertz CT molecular complexity index is 703. The number of carboxylic acid groups (broad SMARTS) is 1. The molecule has 2 amide bonds. The number of carbonyl (C=O) groups is 3. The summed E-state index contributed by atoms with van der Waals surface area (Å²) in [6.45, 7) is -0.605. The number of thiol groups is 1.